The van der Waals surface area contributed by atoms with E-state index in [9.17, 15) is 17.8 Å². The maximum absolute atomic E-state index is 13.4. The Labute approximate surface area is 219 Å². The molecule has 0 radical (unpaired) electrons. The highest BCUT2D eigenvalue weighted by Gasteiger charge is 2.26. The number of methoxy groups -OCH3 is 1. The van der Waals surface area contributed by atoms with Gasteiger partial charge in [-0.2, -0.15) is 0 Å². The van der Waals surface area contributed by atoms with Crippen LogP contribution >= 0.6 is 18.5 Å². The van der Waals surface area contributed by atoms with Gasteiger partial charge in [-0.05, 0) is 37.9 Å². The van der Waals surface area contributed by atoms with Crippen molar-refractivity contribution < 1.29 is 22.5 Å². The number of pyridine rings is 1. The fourth-order valence-corrected chi connectivity index (χ4v) is 6.95. The Hall–Kier alpha value is -3.53. The Morgan fingerprint density at radius 1 is 1.08 bits per heavy atom. The number of anilines is 2. The topological polar surface area (TPSA) is 127 Å². The van der Waals surface area contributed by atoms with E-state index < -0.39 is 23.1 Å². The fourth-order valence-electron chi connectivity index (χ4n) is 3.56. The van der Waals surface area contributed by atoms with Crippen molar-refractivity contribution in [1.29, 1.82) is 0 Å². The number of carbonyl (C=O) groups excluding carboxylic acids is 1. The molecule has 0 bridgehead atoms. The Bertz CT molecular complexity index is 1620. The fraction of sp³-hybridized carbons (Fsp3) is 0.160. The van der Waals surface area contributed by atoms with E-state index in [4.69, 9.17) is 4.74 Å². The van der Waals surface area contributed by atoms with E-state index in [-0.39, 0.29) is 27.8 Å². The number of hydrogen-bond donors (Lipinski definition) is 2. The Balaban J connectivity index is 1.64. The Kier molecular flexibility index (Phi) is 7.49. The van der Waals surface area contributed by atoms with Gasteiger partial charge in [-0.15, -0.1) is 11.3 Å². The molecule has 9 nitrogen and oxygen atoms in total. The summed E-state index contributed by atoms with van der Waals surface area (Å²) in [4.78, 5) is 21.0. The van der Waals surface area contributed by atoms with Crippen LogP contribution in [0.4, 0.5) is 11.4 Å². The molecule has 1 amide bonds. The third kappa shape index (κ3) is 5.90. The number of amides is 1. The van der Waals surface area contributed by atoms with Gasteiger partial charge in [0.05, 0.1) is 24.7 Å². The van der Waals surface area contributed by atoms with Crippen LogP contribution in [0.1, 0.15) is 16.1 Å². The first-order valence-electron chi connectivity index (χ1n) is 11.0. The van der Waals surface area contributed by atoms with Gasteiger partial charge in [-0.3, -0.25) is 9.52 Å². The summed E-state index contributed by atoms with van der Waals surface area (Å²) in [5.41, 5.74) is 2.06. The van der Waals surface area contributed by atoms with Gasteiger partial charge in [0.1, 0.15) is 17.8 Å². The first kappa shape index (κ1) is 26.5. The van der Waals surface area contributed by atoms with Gasteiger partial charge in [0.25, 0.3) is 15.9 Å². The number of sulfonamides is 1. The number of rotatable bonds is 8. The number of benzene rings is 2. The summed E-state index contributed by atoms with van der Waals surface area (Å²) in [6.45, 7) is 4.86. The van der Waals surface area contributed by atoms with E-state index in [2.05, 4.69) is 20.0 Å². The summed E-state index contributed by atoms with van der Waals surface area (Å²) in [7, 11) is -5.74. The van der Waals surface area contributed by atoms with Crippen molar-refractivity contribution in [2.24, 2.45) is 0 Å². The van der Waals surface area contributed by atoms with Crippen molar-refractivity contribution >= 4 is 51.1 Å². The average Bonchev–Trinajstić information content (AvgIpc) is 3.36. The third-order valence-electron chi connectivity index (χ3n) is 5.38. The first-order valence-corrected chi connectivity index (χ1v) is 16.0. The number of nitrogens with one attached hydrogen (secondary N) is 2. The van der Waals surface area contributed by atoms with Crippen LogP contribution in [0.25, 0.3) is 10.6 Å². The highest BCUT2D eigenvalue weighted by molar-refractivity contribution is 7.93. The minimum atomic E-state index is -4.24. The second-order valence-corrected chi connectivity index (χ2v) is 14.2. The molecule has 2 aromatic heterocycles. The minimum absolute atomic E-state index is 0.141. The molecule has 0 aliphatic carbocycles. The molecule has 4 rings (SSSR count). The van der Waals surface area contributed by atoms with Gasteiger partial charge >= 0.3 is 0 Å². The van der Waals surface area contributed by atoms with Crippen LogP contribution in [-0.2, 0) is 14.6 Å². The normalized spacial score (nSPS) is 11.7. The monoisotopic (exact) mass is 556 g/mol. The van der Waals surface area contributed by atoms with Crippen molar-refractivity contribution in [2.45, 2.75) is 11.8 Å². The Morgan fingerprint density at radius 2 is 1.81 bits per heavy atom. The standard InChI is InChI=1S/C25H25N4O5PS2/c1-16-9-8-12-20(35(3,4)31)22(16)29-37(32,33)21-13-18(14-26-24(21)34-2)27-23(30)19-15-36-25(28-19)17-10-6-5-7-11-17/h5-15,29H,1-4H3,(H,27,30). The maximum atomic E-state index is 13.4. The number of nitrogens with zero attached hydrogens (tertiary/aromatic N) is 2. The quantitative estimate of drug-likeness (QED) is 0.298. The molecule has 0 spiro atoms. The lowest BCUT2D eigenvalue weighted by Crippen LogP contribution is -2.21. The number of aromatic nitrogens is 2. The number of carbonyl (C=O) groups is 1. The summed E-state index contributed by atoms with van der Waals surface area (Å²) in [6, 6.07) is 15.8. The van der Waals surface area contributed by atoms with Gasteiger partial charge in [-0.1, -0.05) is 42.5 Å². The summed E-state index contributed by atoms with van der Waals surface area (Å²) in [5.74, 6) is -0.669. The molecule has 0 saturated carbocycles. The molecule has 0 fully saturated rings. The molecule has 0 aliphatic rings. The molecule has 0 saturated heterocycles. The van der Waals surface area contributed by atoms with E-state index >= 15 is 0 Å². The SMILES string of the molecule is COc1ncc(NC(=O)c2csc(-c3ccccc3)n2)cc1S(=O)(=O)Nc1c(C)cccc1P(C)(C)=O. The van der Waals surface area contributed by atoms with Crippen LogP contribution in [0, 0.1) is 6.92 Å². The van der Waals surface area contributed by atoms with Crippen molar-refractivity contribution in [3.63, 3.8) is 0 Å². The zero-order valence-corrected chi connectivity index (χ0v) is 23.1. The smallest absolute Gasteiger partial charge is 0.275 e. The highest BCUT2D eigenvalue weighted by atomic mass is 32.2. The minimum Gasteiger partial charge on any atom is -0.480 e. The van der Waals surface area contributed by atoms with Crippen LogP contribution in [-0.4, -0.2) is 44.7 Å². The molecule has 2 N–H and O–H groups in total. The molecule has 2 aromatic carbocycles. The zero-order chi connectivity index (χ0) is 26.8. The summed E-state index contributed by atoms with van der Waals surface area (Å²) >= 11 is 1.32. The second kappa shape index (κ2) is 10.5. The summed E-state index contributed by atoms with van der Waals surface area (Å²) in [6.07, 6.45) is 1.30. The predicted octanol–water partition coefficient (Wildman–Crippen LogP) is 4.82. The molecule has 192 valence electrons. The lowest BCUT2D eigenvalue weighted by Gasteiger charge is -2.18. The van der Waals surface area contributed by atoms with E-state index in [0.29, 0.717) is 15.9 Å². The van der Waals surface area contributed by atoms with Crippen LogP contribution in [0.2, 0.25) is 0 Å². The van der Waals surface area contributed by atoms with E-state index in [1.54, 1.807) is 43.8 Å². The predicted molar refractivity (Wildman–Crippen MR) is 147 cm³/mol. The van der Waals surface area contributed by atoms with E-state index in [1.165, 1.54) is 30.7 Å². The lowest BCUT2D eigenvalue weighted by atomic mass is 10.2. The molecule has 0 unspecified atom stereocenters. The largest absolute Gasteiger partial charge is 0.480 e. The molecular weight excluding hydrogens is 531 g/mol. The van der Waals surface area contributed by atoms with Gasteiger partial charge < -0.3 is 14.6 Å². The van der Waals surface area contributed by atoms with E-state index in [0.717, 1.165) is 5.56 Å². The number of para-hydroxylation sites is 1. The molecular formula is C25H25N4O5PS2. The average molecular weight is 557 g/mol. The molecule has 37 heavy (non-hydrogen) atoms. The van der Waals surface area contributed by atoms with E-state index in [1.807, 2.05) is 30.3 Å². The molecule has 0 atom stereocenters. The van der Waals surface area contributed by atoms with Gasteiger partial charge in [0, 0.05) is 16.2 Å². The van der Waals surface area contributed by atoms with Crippen molar-refractivity contribution in [2.75, 3.05) is 30.5 Å². The van der Waals surface area contributed by atoms with Crippen LogP contribution in [0.15, 0.2) is 71.1 Å². The number of hydrogen-bond acceptors (Lipinski definition) is 8. The van der Waals surface area contributed by atoms with Crippen molar-refractivity contribution in [1.82, 2.24) is 9.97 Å². The van der Waals surface area contributed by atoms with Gasteiger partial charge in [-0.25, -0.2) is 18.4 Å². The van der Waals surface area contributed by atoms with Gasteiger partial charge in [0.15, 0.2) is 4.90 Å². The van der Waals surface area contributed by atoms with Crippen LogP contribution in [0.3, 0.4) is 0 Å². The van der Waals surface area contributed by atoms with Crippen molar-refractivity contribution in [3.05, 3.63) is 77.4 Å². The number of aryl methyl sites for hydroxylation is 1. The number of ether oxygens (including phenoxy) is 1. The van der Waals surface area contributed by atoms with Gasteiger partial charge in [0.2, 0.25) is 5.88 Å². The molecule has 12 heteroatoms. The summed E-state index contributed by atoms with van der Waals surface area (Å²) < 4.78 is 47.4. The number of thiazole rings is 1. The third-order valence-corrected chi connectivity index (χ3v) is 9.15. The van der Waals surface area contributed by atoms with Crippen molar-refractivity contribution in [3.8, 4) is 16.5 Å². The maximum Gasteiger partial charge on any atom is 0.275 e. The highest BCUT2D eigenvalue weighted by Crippen LogP contribution is 2.39. The van der Waals surface area contributed by atoms with Crippen LogP contribution in [0.5, 0.6) is 5.88 Å². The van der Waals surface area contributed by atoms with Crippen LogP contribution < -0.4 is 20.1 Å². The zero-order valence-electron chi connectivity index (χ0n) is 20.6. The lowest BCUT2D eigenvalue weighted by molar-refractivity contribution is 0.102. The molecule has 0 aliphatic heterocycles. The molecule has 4 aromatic rings. The molecule has 2 heterocycles. The summed E-state index contributed by atoms with van der Waals surface area (Å²) in [5, 5.41) is 5.37. The first-order chi connectivity index (χ1) is 17.5. The Morgan fingerprint density at radius 3 is 2.49 bits per heavy atom. The second-order valence-electron chi connectivity index (χ2n) is 8.51.